The van der Waals surface area contributed by atoms with Crippen molar-refractivity contribution in [1.82, 2.24) is 21.3 Å². The fraction of sp³-hybridized carbons (Fsp3) is 1.00. The first-order valence-corrected chi connectivity index (χ1v) is 8.87. The summed E-state index contributed by atoms with van der Waals surface area (Å²) in [5, 5.41) is 14.2. The highest BCUT2D eigenvalue weighted by Crippen LogP contribution is 2.20. The molecular formula is C16H32N4. The first-order chi connectivity index (χ1) is 9.93. The average Bonchev–Trinajstić information content (AvgIpc) is 2.56. The van der Waals surface area contributed by atoms with Gasteiger partial charge in [-0.1, -0.05) is 25.7 Å². The highest BCUT2D eigenvalue weighted by Gasteiger charge is 2.27. The van der Waals surface area contributed by atoms with Gasteiger partial charge in [-0.3, -0.25) is 0 Å². The summed E-state index contributed by atoms with van der Waals surface area (Å²) in [5.74, 6) is 0. The van der Waals surface area contributed by atoms with E-state index in [2.05, 4.69) is 21.3 Å². The molecule has 2 aliphatic carbocycles. The SMILES string of the molecule is C1CCC2NCCNC2C1.C1CCC2NCCNC2C1. The molecule has 4 atom stereocenters. The van der Waals surface area contributed by atoms with E-state index in [4.69, 9.17) is 0 Å². The lowest BCUT2D eigenvalue weighted by Gasteiger charge is -2.37. The molecule has 4 heteroatoms. The fourth-order valence-electron chi connectivity index (χ4n) is 4.27. The average molecular weight is 280 g/mol. The molecule has 20 heavy (non-hydrogen) atoms. The lowest BCUT2D eigenvalue weighted by Crippen LogP contribution is -2.56. The number of nitrogens with one attached hydrogen (secondary N) is 4. The molecule has 0 aromatic carbocycles. The van der Waals surface area contributed by atoms with Gasteiger partial charge in [0.1, 0.15) is 0 Å². The van der Waals surface area contributed by atoms with Crippen LogP contribution in [0.25, 0.3) is 0 Å². The van der Waals surface area contributed by atoms with E-state index < -0.39 is 0 Å². The molecule has 0 spiro atoms. The molecule has 0 aromatic heterocycles. The van der Waals surface area contributed by atoms with E-state index in [-0.39, 0.29) is 0 Å². The van der Waals surface area contributed by atoms with Gasteiger partial charge in [-0.2, -0.15) is 0 Å². The minimum Gasteiger partial charge on any atom is -0.311 e. The Kier molecular flexibility index (Phi) is 5.71. The highest BCUT2D eigenvalue weighted by atomic mass is 15.1. The van der Waals surface area contributed by atoms with Crippen LogP contribution in [0.4, 0.5) is 0 Å². The molecule has 4 N–H and O–H groups in total. The Bertz CT molecular complexity index is 204. The quantitative estimate of drug-likeness (QED) is 0.534. The van der Waals surface area contributed by atoms with Crippen molar-refractivity contribution < 1.29 is 0 Å². The van der Waals surface area contributed by atoms with Crippen LogP contribution in [0.5, 0.6) is 0 Å². The molecular weight excluding hydrogens is 248 g/mol. The van der Waals surface area contributed by atoms with Gasteiger partial charge < -0.3 is 21.3 Å². The molecule has 4 unspecified atom stereocenters. The Morgan fingerprint density at radius 1 is 0.400 bits per heavy atom. The molecule has 2 aliphatic heterocycles. The van der Waals surface area contributed by atoms with Gasteiger partial charge in [0.25, 0.3) is 0 Å². The predicted molar refractivity (Wildman–Crippen MR) is 84.1 cm³/mol. The monoisotopic (exact) mass is 280 g/mol. The Hall–Kier alpha value is -0.160. The van der Waals surface area contributed by atoms with Crippen molar-refractivity contribution in [3.05, 3.63) is 0 Å². The zero-order chi connectivity index (χ0) is 13.6. The summed E-state index contributed by atoms with van der Waals surface area (Å²) in [5.41, 5.74) is 0. The van der Waals surface area contributed by atoms with E-state index in [1.165, 1.54) is 77.5 Å². The third kappa shape index (κ3) is 3.94. The number of piperazine rings is 2. The third-order valence-electron chi connectivity index (χ3n) is 5.41. The molecule has 4 aliphatic rings. The van der Waals surface area contributed by atoms with Crippen LogP contribution in [0.3, 0.4) is 0 Å². The van der Waals surface area contributed by atoms with Crippen molar-refractivity contribution in [3.63, 3.8) is 0 Å². The molecule has 4 fully saturated rings. The van der Waals surface area contributed by atoms with Crippen molar-refractivity contribution >= 4 is 0 Å². The standard InChI is InChI=1S/2C8H16N2/c2*1-2-4-8-7(3-1)9-5-6-10-8/h2*7-10H,1-6H2. The van der Waals surface area contributed by atoms with Crippen LogP contribution in [-0.4, -0.2) is 50.3 Å². The van der Waals surface area contributed by atoms with Crippen LogP contribution < -0.4 is 21.3 Å². The second-order valence-corrected chi connectivity index (χ2v) is 6.81. The van der Waals surface area contributed by atoms with Crippen LogP contribution in [0, 0.1) is 0 Å². The second kappa shape index (κ2) is 7.74. The topological polar surface area (TPSA) is 48.1 Å². The van der Waals surface area contributed by atoms with Gasteiger partial charge in [0.2, 0.25) is 0 Å². The van der Waals surface area contributed by atoms with Crippen molar-refractivity contribution in [2.75, 3.05) is 26.2 Å². The smallest absolute Gasteiger partial charge is 0.0221 e. The lowest BCUT2D eigenvalue weighted by molar-refractivity contribution is 0.251. The van der Waals surface area contributed by atoms with Crippen LogP contribution in [0.1, 0.15) is 51.4 Å². The zero-order valence-corrected chi connectivity index (χ0v) is 12.8. The number of rotatable bonds is 0. The molecule has 2 saturated heterocycles. The Morgan fingerprint density at radius 3 is 0.900 bits per heavy atom. The van der Waals surface area contributed by atoms with E-state index in [0.29, 0.717) is 0 Å². The Labute approximate surface area is 123 Å². The van der Waals surface area contributed by atoms with E-state index in [0.717, 1.165) is 24.2 Å². The summed E-state index contributed by atoms with van der Waals surface area (Å²) in [6.45, 7) is 4.67. The fourth-order valence-corrected chi connectivity index (χ4v) is 4.27. The maximum Gasteiger partial charge on any atom is 0.0221 e. The van der Waals surface area contributed by atoms with Gasteiger partial charge in [-0.15, -0.1) is 0 Å². The van der Waals surface area contributed by atoms with Gasteiger partial charge >= 0.3 is 0 Å². The largest absolute Gasteiger partial charge is 0.311 e. The molecule has 0 radical (unpaired) electrons. The van der Waals surface area contributed by atoms with Crippen LogP contribution in [-0.2, 0) is 0 Å². The molecule has 116 valence electrons. The lowest BCUT2D eigenvalue weighted by atomic mass is 9.89. The molecule has 2 saturated carbocycles. The summed E-state index contributed by atoms with van der Waals surface area (Å²) in [4.78, 5) is 0. The maximum absolute atomic E-state index is 3.56. The summed E-state index contributed by atoms with van der Waals surface area (Å²) in [7, 11) is 0. The van der Waals surface area contributed by atoms with E-state index in [1.807, 2.05) is 0 Å². The third-order valence-corrected chi connectivity index (χ3v) is 5.41. The number of hydrogen-bond donors (Lipinski definition) is 4. The van der Waals surface area contributed by atoms with Crippen molar-refractivity contribution in [2.24, 2.45) is 0 Å². The molecule has 0 bridgehead atoms. The molecule has 4 nitrogen and oxygen atoms in total. The van der Waals surface area contributed by atoms with Crippen LogP contribution in [0.2, 0.25) is 0 Å². The predicted octanol–water partition coefficient (Wildman–Crippen LogP) is 0.981. The molecule has 0 amide bonds. The van der Waals surface area contributed by atoms with Crippen molar-refractivity contribution in [3.8, 4) is 0 Å². The minimum absolute atomic E-state index is 0.794. The van der Waals surface area contributed by atoms with Gasteiger partial charge in [0.15, 0.2) is 0 Å². The summed E-state index contributed by atoms with van der Waals surface area (Å²) >= 11 is 0. The minimum atomic E-state index is 0.794. The number of hydrogen-bond acceptors (Lipinski definition) is 4. The van der Waals surface area contributed by atoms with Gasteiger partial charge in [-0.05, 0) is 25.7 Å². The maximum atomic E-state index is 3.56. The highest BCUT2D eigenvalue weighted by molar-refractivity contribution is 4.90. The summed E-state index contributed by atoms with van der Waals surface area (Å²) < 4.78 is 0. The normalized spacial score (nSPS) is 40.8. The van der Waals surface area contributed by atoms with E-state index in [9.17, 15) is 0 Å². The summed E-state index contributed by atoms with van der Waals surface area (Å²) in [6.07, 6.45) is 11.3. The van der Waals surface area contributed by atoms with Crippen LogP contribution in [0.15, 0.2) is 0 Å². The second-order valence-electron chi connectivity index (χ2n) is 6.81. The van der Waals surface area contributed by atoms with Gasteiger partial charge in [0.05, 0.1) is 0 Å². The Balaban J connectivity index is 0.000000121. The van der Waals surface area contributed by atoms with E-state index >= 15 is 0 Å². The Morgan fingerprint density at radius 2 is 0.650 bits per heavy atom. The molecule has 2 heterocycles. The number of fused-ring (bicyclic) bond motifs is 2. The summed E-state index contributed by atoms with van der Waals surface area (Å²) in [6, 6.07) is 3.18. The molecule has 0 aromatic rings. The zero-order valence-electron chi connectivity index (χ0n) is 12.8. The first kappa shape index (κ1) is 14.8. The molecule has 4 rings (SSSR count). The first-order valence-electron chi connectivity index (χ1n) is 8.87. The van der Waals surface area contributed by atoms with Gasteiger partial charge in [0, 0.05) is 50.3 Å². The van der Waals surface area contributed by atoms with Gasteiger partial charge in [-0.25, -0.2) is 0 Å². The van der Waals surface area contributed by atoms with Crippen molar-refractivity contribution in [1.29, 1.82) is 0 Å². The van der Waals surface area contributed by atoms with E-state index in [1.54, 1.807) is 0 Å². The van der Waals surface area contributed by atoms with Crippen molar-refractivity contribution in [2.45, 2.75) is 75.5 Å². The van der Waals surface area contributed by atoms with Crippen LogP contribution >= 0.6 is 0 Å².